The number of benzene rings is 1. The molecule has 0 spiro atoms. The minimum atomic E-state index is 0.435. The molecule has 0 radical (unpaired) electrons. The van der Waals surface area contributed by atoms with Gasteiger partial charge < -0.3 is 14.8 Å². The fraction of sp³-hybridized carbons (Fsp3) is 0.600. The lowest BCUT2D eigenvalue weighted by molar-refractivity contribution is 0.0690. The van der Waals surface area contributed by atoms with Crippen LogP contribution in [0.5, 0.6) is 5.75 Å². The standard InChI is InChI=1S/C15H23NO2/c1-11-8-12(2)15(13(3)9-11)18-6-4-14-10-17-7-5-16-14/h8-9,14,16H,4-7,10H2,1-3H3. The van der Waals surface area contributed by atoms with Gasteiger partial charge in [0.25, 0.3) is 0 Å². The van der Waals surface area contributed by atoms with E-state index in [1.807, 2.05) is 0 Å². The van der Waals surface area contributed by atoms with Crippen molar-refractivity contribution >= 4 is 0 Å². The van der Waals surface area contributed by atoms with E-state index >= 15 is 0 Å². The molecule has 1 aliphatic rings. The summed E-state index contributed by atoms with van der Waals surface area (Å²) in [4.78, 5) is 0. The van der Waals surface area contributed by atoms with Crippen LogP contribution < -0.4 is 10.1 Å². The Balaban J connectivity index is 1.86. The van der Waals surface area contributed by atoms with Crippen LogP contribution in [-0.2, 0) is 4.74 Å². The molecule has 1 aromatic rings. The van der Waals surface area contributed by atoms with Gasteiger partial charge in [0, 0.05) is 12.6 Å². The minimum Gasteiger partial charge on any atom is -0.493 e. The second-order valence-electron chi connectivity index (χ2n) is 5.09. The summed E-state index contributed by atoms with van der Waals surface area (Å²) in [6, 6.07) is 4.78. The Kier molecular flexibility index (Phi) is 4.61. The van der Waals surface area contributed by atoms with E-state index in [-0.39, 0.29) is 0 Å². The van der Waals surface area contributed by atoms with Crippen LogP contribution in [0, 0.1) is 20.8 Å². The maximum Gasteiger partial charge on any atom is 0.125 e. The summed E-state index contributed by atoms with van der Waals surface area (Å²) in [5, 5.41) is 3.44. The van der Waals surface area contributed by atoms with Gasteiger partial charge in [0.2, 0.25) is 0 Å². The Bertz CT molecular complexity index is 374. The number of ether oxygens (including phenoxy) is 2. The van der Waals surface area contributed by atoms with Gasteiger partial charge in [-0.05, 0) is 38.3 Å². The van der Waals surface area contributed by atoms with Crippen LogP contribution in [-0.4, -0.2) is 32.4 Å². The second-order valence-corrected chi connectivity index (χ2v) is 5.09. The van der Waals surface area contributed by atoms with Crippen molar-refractivity contribution < 1.29 is 9.47 Å². The zero-order valence-corrected chi connectivity index (χ0v) is 11.6. The molecule has 1 heterocycles. The maximum atomic E-state index is 5.93. The molecule has 0 saturated carbocycles. The molecule has 1 unspecified atom stereocenters. The van der Waals surface area contributed by atoms with Crippen molar-refractivity contribution in [1.82, 2.24) is 5.32 Å². The average molecular weight is 249 g/mol. The van der Waals surface area contributed by atoms with Crippen LogP contribution >= 0.6 is 0 Å². The third kappa shape index (κ3) is 3.47. The Labute approximate surface area is 109 Å². The van der Waals surface area contributed by atoms with Crippen molar-refractivity contribution in [3.63, 3.8) is 0 Å². The summed E-state index contributed by atoms with van der Waals surface area (Å²) in [7, 11) is 0. The monoisotopic (exact) mass is 249 g/mol. The first-order valence-electron chi connectivity index (χ1n) is 6.68. The molecule has 3 nitrogen and oxygen atoms in total. The van der Waals surface area contributed by atoms with E-state index in [2.05, 4.69) is 38.2 Å². The Morgan fingerprint density at radius 3 is 2.61 bits per heavy atom. The van der Waals surface area contributed by atoms with Crippen LogP contribution in [0.4, 0.5) is 0 Å². The van der Waals surface area contributed by atoms with E-state index in [9.17, 15) is 0 Å². The molecule has 1 aromatic carbocycles. The first-order valence-corrected chi connectivity index (χ1v) is 6.68. The lowest BCUT2D eigenvalue weighted by Crippen LogP contribution is -2.42. The number of morpholine rings is 1. The first-order chi connectivity index (χ1) is 8.66. The summed E-state index contributed by atoms with van der Waals surface area (Å²) in [6.07, 6.45) is 0.993. The van der Waals surface area contributed by atoms with Gasteiger partial charge in [-0.15, -0.1) is 0 Å². The quantitative estimate of drug-likeness (QED) is 0.888. The summed E-state index contributed by atoms with van der Waals surface area (Å²) >= 11 is 0. The number of hydrogen-bond donors (Lipinski definition) is 1. The molecule has 2 rings (SSSR count). The molecule has 1 aliphatic heterocycles. The minimum absolute atomic E-state index is 0.435. The molecule has 0 amide bonds. The Hall–Kier alpha value is -1.06. The molecular formula is C15H23NO2. The SMILES string of the molecule is Cc1cc(C)c(OCCC2COCCN2)c(C)c1. The second kappa shape index (κ2) is 6.21. The molecule has 0 aromatic heterocycles. The predicted molar refractivity (Wildman–Crippen MR) is 73.4 cm³/mol. The van der Waals surface area contributed by atoms with Gasteiger partial charge in [-0.1, -0.05) is 17.7 Å². The van der Waals surface area contributed by atoms with Gasteiger partial charge in [0.1, 0.15) is 5.75 Å². The third-order valence-corrected chi connectivity index (χ3v) is 3.32. The first kappa shape index (κ1) is 13.4. The highest BCUT2D eigenvalue weighted by Crippen LogP contribution is 2.24. The van der Waals surface area contributed by atoms with Crippen molar-refractivity contribution in [2.75, 3.05) is 26.4 Å². The molecule has 1 atom stereocenters. The fourth-order valence-electron chi connectivity index (χ4n) is 2.50. The van der Waals surface area contributed by atoms with Crippen LogP contribution in [0.25, 0.3) is 0 Å². The highest BCUT2D eigenvalue weighted by atomic mass is 16.5. The van der Waals surface area contributed by atoms with Crippen molar-refractivity contribution in [3.8, 4) is 5.75 Å². The Morgan fingerprint density at radius 1 is 1.28 bits per heavy atom. The van der Waals surface area contributed by atoms with Crippen molar-refractivity contribution in [2.24, 2.45) is 0 Å². The molecule has 1 N–H and O–H groups in total. The van der Waals surface area contributed by atoms with E-state index in [1.165, 1.54) is 16.7 Å². The van der Waals surface area contributed by atoms with Crippen LogP contribution in [0.1, 0.15) is 23.1 Å². The molecule has 1 saturated heterocycles. The van der Waals surface area contributed by atoms with Crippen LogP contribution in [0.3, 0.4) is 0 Å². The van der Waals surface area contributed by atoms with Crippen LogP contribution in [0.2, 0.25) is 0 Å². The van der Waals surface area contributed by atoms with E-state index in [0.717, 1.165) is 38.5 Å². The fourth-order valence-corrected chi connectivity index (χ4v) is 2.50. The van der Waals surface area contributed by atoms with Gasteiger partial charge in [-0.25, -0.2) is 0 Å². The van der Waals surface area contributed by atoms with Crippen molar-refractivity contribution in [1.29, 1.82) is 0 Å². The highest BCUT2D eigenvalue weighted by molar-refractivity contribution is 5.42. The highest BCUT2D eigenvalue weighted by Gasteiger charge is 2.13. The van der Waals surface area contributed by atoms with Gasteiger partial charge in [0.05, 0.1) is 19.8 Å². The third-order valence-electron chi connectivity index (χ3n) is 3.32. The molecule has 0 aliphatic carbocycles. The zero-order valence-electron chi connectivity index (χ0n) is 11.6. The topological polar surface area (TPSA) is 30.5 Å². The predicted octanol–water partition coefficient (Wildman–Crippen LogP) is 2.37. The normalized spacial score (nSPS) is 19.8. The lowest BCUT2D eigenvalue weighted by atomic mass is 10.1. The van der Waals surface area contributed by atoms with Crippen molar-refractivity contribution in [3.05, 3.63) is 28.8 Å². The van der Waals surface area contributed by atoms with E-state index < -0.39 is 0 Å². The summed E-state index contributed by atoms with van der Waals surface area (Å²) in [6.45, 7) is 9.66. The average Bonchev–Trinajstić information content (AvgIpc) is 2.34. The van der Waals surface area contributed by atoms with Gasteiger partial charge in [0.15, 0.2) is 0 Å². The number of nitrogens with one attached hydrogen (secondary N) is 1. The number of aryl methyl sites for hydroxylation is 3. The summed E-state index contributed by atoms with van der Waals surface area (Å²) in [5.74, 6) is 1.04. The molecule has 0 bridgehead atoms. The molecule has 100 valence electrons. The van der Waals surface area contributed by atoms with Gasteiger partial charge >= 0.3 is 0 Å². The van der Waals surface area contributed by atoms with Gasteiger partial charge in [-0.2, -0.15) is 0 Å². The molecule has 1 fully saturated rings. The maximum absolute atomic E-state index is 5.93. The van der Waals surface area contributed by atoms with E-state index in [0.29, 0.717) is 6.04 Å². The number of hydrogen-bond acceptors (Lipinski definition) is 3. The smallest absolute Gasteiger partial charge is 0.125 e. The van der Waals surface area contributed by atoms with E-state index in [1.54, 1.807) is 0 Å². The Morgan fingerprint density at radius 2 is 2.00 bits per heavy atom. The molecule has 18 heavy (non-hydrogen) atoms. The summed E-state index contributed by atoms with van der Waals surface area (Å²) in [5.41, 5.74) is 3.74. The largest absolute Gasteiger partial charge is 0.493 e. The summed E-state index contributed by atoms with van der Waals surface area (Å²) < 4.78 is 11.4. The van der Waals surface area contributed by atoms with E-state index in [4.69, 9.17) is 9.47 Å². The van der Waals surface area contributed by atoms with Crippen molar-refractivity contribution in [2.45, 2.75) is 33.2 Å². The number of rotatable bonds is 4. The molecular weight excluding hydrogens is 226 g/mol. The molecule has 3 heteroatoms. The van der Waals surface area contributed by atoms with Gasteiger partial charge in [-0.3, -0.25) is 0 Å². The van der Waals surface area contributed by atoms with Crippen LogP contribution in [0.15, 0.2) is 12.1 Å². The lowest BCUT2D eigenvalue weighted by Gasteiger charge is -2.24. The zero-order chi connectivity index (χ0) is 13.0.